The molecule has 10 nitrogen and oxygen atoms in total. The first kappa shape index (κ1) is 28.3. The number of aliphatic hydroxyl groups excluding tert-OH is 1. The maximum absolute atomic E-state index is 12.4. The number of sulfonamides is 1. The molecule has 0 saturated heterocycles. The van der Waals surface area contributed by atoms with E-state index in [0.717, 1.165) is 22.4 Å². The maximum Gasteiger partial charge on any atom is 0.408 e. The lowest BCUT2D eigenvalue weighted by Gasteiger charge is -2.36. The van der Waals surface area contributed by atoms with Crippen LogP contribution in [0.3, 0.4) is 0 Å². The van der Waals surface area contributed by atoms with Crippen molar-refractivity contribution in [2.75, 3.05) is 25.7 Å². The quantitative estimate of drug-likeness (QED) is 0.436. The summed E-state index contributed by atoms with van der Waals surface area (Å²) < 4.78 is 58.3. The van der Waals surface area contributed by atoms with E-state index in [-0.39, 0.29) is 13.0 Å². The summed E-state index contributed by atoms with van der Waals surface area (Å²) in [5, 5.41) is 13.5. The first-order valence-electron chi connectivity index (χ1n) is 10.0. The van der Waals surface area contributed by atoms with Gasteiger partial charge < -0.3 is 15.2 Å². The third-order valence-corrected chi connectivity index (χ3v) is 6.36. The molecule has 0 aliphatic heterocycles. The van der Waals surface area contributed by atoms with E-state index in [0.29, 0.717) is 0 Å². The van der Waals surface area contributed by atoms with E-state index in [1.165, 1.54) is 6.92 Å². The summed E-state index contributed by atoms with van der Waals surface area (Å²) in [6, 6.07) is 7.01. The second-order valence-electron chi connectivity index (χ2n) is 8.57. The number of ether oxygens (including phenoxy) is 1. The Balaban J connectivity index is 3.17. The van der Waals surface area contributed by atoms with Crippen LogP contribution in [-0.2, 0) is 35.5 Å². The Bertz CT molecular complexity index is 944. The van der Waals surface area contributed by atoms with Gasteiger partial charge in [0, 0.05) is 19.0 Å². The van der Waals surface area contributed by atoms with Gasteiger partial charge in [0.2, 0.25) is 10.0 Å². The van der Waals surface area contributed by atoms with Crippen LogP contribution in [0.1, 0.15) is 33.3 Å². The topological polar surface area (TPSA) is 139 Å². The average molecular weight is 495 g/mol. The Hall–Kier alpha value is -1.73. The predicted molar refractivity (Wildman–Crippen MR) is 121 cm³/mol. The number of rotatable bonds is 11. The van der Waals surface area contributed by atoms with Gasteiger partial charge in [-0.15, -0.1) is 0 Å². The molecule has 0 spiro atoms. The van der Waals surface area contributed by atoms with Crippen molar-refractivity contribution in [3.63, 3.8) is 0 Å². The van der Waals surface area contributed by atoms with Gasteiger partial charge in [0.05, 0.1) is 31.3 Å². The van der Waals surface area contributed by atoms with E-state index >= 15 is 0 Å². The van der Waals surface area contributed by atoms with Crippen LogP contribution < -0.4 is 5.32 Å². The SMILES string of the molecule is C[C@H]([C@@H](NC(=O)OC(C)(C)C)C(O)Cc1ccccc1)N(CCOS(C)(=O)=O)S(C)(=O)=O. The fourth-order valence-electron chi connectivity index (χ4n) is 3.09. The number of hydrogen-bond acceptors (Lipinski definition) is 8. The molecule has 0 aromatic heterocycles. The molecule has 1 aromatic carbocycles. The molecular weight excluding hydrogens is 460 g/mol. The van der Waals surface area contributed by atoms with Gasteiger partial charge >= 0.3 is 6.09 Å². The molecule has 0 radical (unpaired) electrons. The van der Waals surface area contributed by atoms with Gasteiger partial charge in [0.1, 0.15) is 5.60 Å². The van der Waals surface area contributed by atoms with Crippen molar-refractivity contribution < 1.29 is 35.7 Å². The van der Waals surface area contributed by atoms with Crippen molar-refractivity contribution in [2.24, 2.45) is 0 Å². The molecule has 2 N–H and O–H groups in total. The number of nitrogens with one attached hydrogen (secondary N) is 1. The van der Waals surface area contributed by atoms with Crippen LogP contribution in [0.5, 0.6) is 0 Å². The van der Waals surface area contributed by atoms with E-state index in [9.17, 15) is 26.7 Å². The molecule has 0 bridgehead atoms. The second-order valence-corrected chi connectivity index (χ2v) is 12.1. The number of alkyl carbamates (subject to hydrolysis) is 1. The number of amides is 1. The molecule has 12 heteroatoms. The number of aliphatic hydroxyl groups is 1. The molecule has 1 amide bonds. The van der Waals surface area contributed by atoms with Crippen LogP contribution in [0.15, 0.2) is 30.3 Å². The lowest BCUT2D eigenvalue weighted by Crippen LogP contribution is -2.58. The third kappa shape index (κ3) is 10.7. The van der Waals surface area contributed by atoms with Crippen LogP contribution in [0.25, 0.3) is 0 Å². The Morgan fingerprint density at radius 1 is 1.12 bits per heavy atom. The zero-order valence-corrected chi connectivity index (χ0v) is 20.9. The van der Waals surface area contributed by atoms with E-state index in [4.69, 9.17) is 4.74 Å². The molecule has 0 fully saturated rings. The summed E-state index contributed by atoms with van der Waals surface area (Å²) >= 11 is 0. The number of nitrogens with zero attached hydrogens (tertiary/aromatic N) is 1. The number of hydrogen-bond donors (Lipinski definition) is 2. The highest BCUT2D eigenvalue weighted by Crippen LogP contribution is 2.17. The minimum Gasteiger partial charge on any atom is -0.444 e. The number of carbonyl (C=O) groups is 1. The van der Waals surface area contributed by atoms with E-state index in [2.05, 4.69) is 9.50 Å². The van der Waals surface area contributed by atoms with Gasteiger partial charge in [-0.05, 0) is 33.3 Å². The van der Waals surface area contributed by atoms with Crippen LogP contribution in [0.2, 0.25) is 0 Å². The van der Waals surface area contributed by atoms with E-state index < -0.39 is 56.6 Å². The summed E-state index contributed by atoms with van der Waals surface area (Å²) in [5.74, 6) is 0. The van der Waals surface area contributed by atoms with Crippen molar-refractivity contribution in [1.82, 2.24) is 9.62 Å². The molecule has 0 heterocycles. The number of carbonyl (C=O) groups excluding carboxylic acids is 1. The van der Waals surface area contributed by atoms with Crippen molar-refractivity contribution in [3.05, 3.63) is 35.9 Å². The molecule has 0 aliphatic rings. The zero-order chi connectivity index (χ0) is 24.7. The van der Waals surface area contributed by atoms with Gasteiger partial charge in [0.15, 0.2) is 0 Å². The van der Waals surface area contributed by atoms with Crippen molar-refractivity contribution in [1.29, 1.82) is 0 Å². The van der Waals surface area contributed by atoms with Crippen LogP contribution >= 0.6 is 0 Å². The highest BCUT2D eigenvalue weighted by molar-refractivity contribution is 7.88. The summed E-state index contributed by atoms with van der Waals surface area (Å²) in [6.45, 7) is 5.84. The Labute approximate surface area is 191 Å². The highest BCUT2D eigenvalue weighted by Gasteiger charge is 2.36. The first-order valence-corrected chi connectivity index (χ1v) is 13.7. The normalized spacial score (nSPS) is 15.8. The molecule has 3 atom stereocenters. The molecule has 184 valence electrons. The predicted octanol–water partition coefficient (Wildman–Crippen LogP) is 1.11. The molecule has 0 saturated carbocycles. The van der Waals surface area contributed by atoms with Gasteiger partial charge in [-0.2, -0.15) is 12.7 Å². The minimum absolute atomic E-state index is 0.142. The molecule has 32 heavy (non-hydrogen) atoms. The monoisotopic (exact) mass is 494 g/mol. The summed E-state index contributed by atoms with van der Waals surface area (Å²) in [6.07, 6.45) is -0.0268. The van der Waals surface area contributed by atoms with E-state index in [1.54, 1.807) is 45.0 Å². The standard InChI is InChI=1S/C20H34N2O8S2/c1-15(22(31(5,25)26)12-13-29-32(6,27)28)18(21-19(24)30-20(2,3)4)17(23)14-16-10-8-7-9-11-16/h7-11,15,17-18,23H,12-14H2,1-6H3,(H,21,24)/t15-,17?,18-/m1/s1. The third-order valence-electron chi connectivity index (χ3n) is 4.39. The lowest BCUT2D eigenvalue weighted by atomic mass is 9.97. The molecule has 1 rings (SSSR count). The lowest BCUT2D eigenvalue weighted by molar-refractivity contribution is 0.0347. The molecule has 1 aromatic rings. The van der Waals surface area contributed by atoms with Gasteiger partial charge in [-0.25, -0.2) is 13.2 Å². The van der Waals surface area contributed by atoms with Crippen molar-refractivity contribution >= 4 is 26.2 Å². The molecule has 0 aliphatic carbocycles. The average Bonchev–Trinajstić information content (AvgIpc) is 2.60. The largest absolute Gasteiger partial charge is 0.444 e. The smallest absolute Gasteiger partial charge is 0.408 e. The Morgan fingerprint density at radius 2 is 1.69 bits per heavy atom. The number of benzene rings is 1. The van der Waals surface area contributed by atoms with Crippen LogP contribution in [-0.4, -0.2) is 81.8 Å². The van der Waals surface area contributed by atoms with E-state index in [1.807, 2.05) is 6.07 Å². The summed E-state index contributed by atoms with van der Waals surface area (Å²) in [5.41, 5.74) is -0.0169. The highest BCUT2D eigenvalue weighted by atomic mass is 32.2. The summed E-state index contributed by atoms with van der Waals surface area (Å²) in [7, 11) is -7.62. The van der Waals surface area contributed by atoms with Crippen molar-refractivity contribution in [2.45, 2.75) is 57.9 Å². The minimum atomic E-state index is -3.85. The molecular formula is C20H34N2O8S2. The molecule has 1 unspecified atom stereocenters. The fraction of sp³-hybridized carbons (Fsp3) is 0.650. The van der Waals surface area contributed by atoms with Crippen LogP contribution in [0.4, 0.5) is 4.79 Å². The van der Waals surface area contributed by atoms with Gasteiger partial charge in [0.25, 0.3) is 10.1 Å². The summed E-state index contributed by atoms with van der Waals surface area (Å²) in [4.78, 5) is 12.4. The van der Waals surface area contributed by atoms with Crippen LogP contribution in [0, 0.1) is 0 Å². The van der Waals surface area contributed by atoms with Crippen molar-refractivity contribution in [3.8, 4) is 0 Å². The fourth-order valence-corrected chi connectivity index (χ4v) is 4.61. The van der Waals surface area contributed by atoms with Gasteiger partial charge in [-0.3, -0.25) is 4.18 Å². The Morgan fingerprint density at radius 3 is 2.16 bits per heavy atom. The zero-order valence-electron chi connectivity index (χ0n) is 19.3. The van der Waals surface area contributed by atoms with Gasteiger partial charge in [-0.1, -0.05) is 30.3 Å². The Kier molecular flexibility index (Phi) is 10.1. The first-order chi connectivity index (χ1) is 14.5. The second kappa shape index (κ2) is 11.4. The maximum atomic E-state index is 12.4.